The van der Waals surface area contributed by atoms with Crippen LogP contribution in [-0.2, 0) is 4.74 Å². The van der Waals surface area contributed by atoms with Gasteiger partial charge in [-0.3, -0.25) is 4.90 Å². The summed E-state index contributed by atoms with van der Waals surface area (Å²) in [6, 6.07) is 4.52. The van der Waals surface area contributed by atoms with Crippen LogP contribution in [0.1, 0.15) is 0 Å². The van der Waals surface area contributed by atoms with Crippen LogP contribution in [-0.4, -0.2) is 72.7 Å². The van der Waals surface area contributed by atoms with Crippen molar-refractivity contribution < 1.29 is 23.8 Å². The first-order chi connectivity index (χ1) is 12.5. The van der Waals surface area contributed by atoms with Gasteiger partial charge in [-0.2, -0.15) is 0 Å². The second-order valence-corrected chi connectivity index (χ2v) is 6.12. The maximum atomic E-state index is 14.6. The number of hydrogen-bond acceptors (Lipinski definition) is 6. The molecule has 1 atom stereocenters. The maximum absolute atomic E-state index is 14.6. The predicted molar refractivity (Wildman–Crippen MR) is 95.7 cm³/mol. The molecule has 2 aliphatic heterocycles. The number of rotatable bonds is 4. The molecule has 1 aromatic carbocycles. The number of halogens is 1. The first-order valence-electron chi connectivity index (χ1n) is 8.03. The van der Waals surface area contributed by atoms with Crippen molar-refractivity contribution in [3.63, 3.8) is 0 Å². The van der Waals surface area contributed by atoms with E-state index in [1.54, 1.807) is 17.0 Å². The minimum absolute atomic E-state index is 0.222. The van der Waals surface area contributed by atoms with Gasteiger partial charge in [-0.05, 0) is 30.4 Å². The standard InChI is InChI=1S/C16H17FN4O4S/c17-13-7-11(21-9-12(8-18-10-26)25-16(21)24)1-2-14(13)19-3-5-20(6-4-19)15(22)23/h1-2,7,12H,3-6,8-9H2,(H,22,23). The fraction of sp³-hybridized carbons (Fsp3) is 0.438. The number of aliphatic imine (C=N–C) groups is 1. The molecule has 0 spiro atoms. The Morgan fingerprint density at radius 3 is 2.73 bits per heavy atom. The monoisotopic (exact) mass is 380 g/mol. The molecule has 10 heteroatoms. The third-order valence-corrected chi connectivity index (χ3v) is 4.50. The first-order valence-corrected chi connectivity index (χ1v) is 8.44. The van der Waals surface area contributed by atoms with Gasteiger partial charge in [0.1, 0.15) is 11.9 Å². The highest BCUT2D eigenvalue weighted by atomic mass is 32.1. The third kappa shape index (κ3) is 3.76. The third-order valence-electron chi connectivity index (χ3n) is 4.37. The molecule has 2 fully saturated rings. The van der Waals surface area contributed by atoms with Gasteiger partial charge in [-0.1, -0.05) is 0 Å². The van der Waals surface area contributed by atoms with Crippen molar-refractivity contribution in [2.45, 2.75) is 6.10 Å². The number of thiocarbonyl (C=S) groups is 1. The van der Waals surface area contributed by atoms with E-state index >= 15 is 0 Å². The molecule has 0 radical (unpaired) electrons. The molecule has 0 saturated carbocycles. The molecule has 0 aliphatic carbocycles. The topological polar surface area (TPSA) is 85.7 Å². The molecule has 26 heavy (non-hydrogen) atoms. The fourth-order valence-electron chi connectivity index (χ4n) is 3.03. The van der Waals surface area contributed by atoms with Gasteiger partial charge in [0.25, 0.3) is 0 Å². The Morgan fingerprint density at radius 1 is 1.38 bits per heavy atom. The molecule has 8 nitrogen and oxygen atoms in total. The lowest BCUT2D eigenvalue weighted by Gasteiger charge is -2.34. The smallest absolute Gasteiger partial charge is 0.414 e. The summed E-state index contributed by atoms with van der Waals surface area (Å²) >= 11 is 4.49. The Hall–Kier alpha value is -2.71. The number of anilines is 2. The average Bonchev–Trinajstić information content (AvgIpc) is 3.00. The number of isothiocyanates is 1. The Balaban J connectivity index is 1.69. The Kier molecular flexibility index (Phi) is 5.34. The van der Waals surface area contributed by atoms with Gasteiger partial charge in [0, 0.05) is 26.2 Å². The van der Waals surface area contributed by atoms with Gasteiger partial charge in [0.2, 0.25) is 0 Å². The predicted octanol–water partition coefficient (Wildman–Crippen LogP) is 2.05. The highest BCUT2D eigenvalue weighted by Crippen LogP contribution is 2.28. The zero-order chi connectivity index (χ0) is 18.7. The van der Waals surface area contributed by atoms with E-state index < -0.39 is 24.1 Å². The van der Waals surface area contributed by atoms with E-state index in [1.807, 2.05) is 0 Å². The van der Waals surface area contributed by atoms with E-state index in [1.165, 1.54) is 15.9 Å². The van der Waals surface area contributed by atoms with Gasteiger partial charge in [-0.25, -0.2) is 19.0 Å². The number of hydrogen-bond donors (Lipinski definition) is 1. The van der Waals surface area contributed by atoms with E-state index in [0.717, 1.165) is 0 Å². The zero-order valence-electron chi connectivity index (χ0n) is 13.8. The lowest BCUT2D eigenvalue weighted by atomic mass is 10.2. The molecule has 2 saturated heterocycles. The van der Waals surface area contributed by atoms with E-state index in [-0.39, 0.29) is 13.1 Å². The summed E-state index contributed by atoms with van der Waals surface area (Å²) < 4.78 is 19.7. The molecule has 138 valence electrons. The Morgan fingerprint density at radius 2 is 2.12 bits per heavy atom. The van der Waals surface area contributed by atoms with Crippen LogP contribution < -0.4 is 9.80 Å². The number of piperazine rings is 1. The highest BCUT2D eigenvalue weighted by Gasteiger charge is 2.33. The van der Waals surface area contributed by atoms with Gasteiger partial charge < -0.3 is 19.6 Å². The maximum Gasteiger partial charge on any atom is 0.414 e. The lowest BCUT2D eigenvalue weighted by Crippen LogP contribution is -2.48. The zero-order valence-corrected chi connectivity index (χ0v) is 14.6. The van der Waals surface area contributed by atoms with E-state index in [0.29, 0.717) is 37.6 Å². The van der Waals surface area contributed by atoms with Crippen molar-refractivity contribution in [3.8, 4) is 0 Å². The average molecular weight is 380 g/mol. The van der Waals surface area contributed by atoms with Crippen LogP contribution in [0.5, 0.6) is 0 Å². The summed E-state index contributed by atoms with van der Waals surface area (Å²) in [5.74, 6) is -0.473. The molecular weight excluding hydrogens is 363 g/mol. The fourth-order valence-corrected chi connectivity index (χ4v) is 3.10. The van der Waals surface area contributed by atoms with Crippen LogP contribution in [0.4, 0.5) is 25.4 Å². The molecule has 0 bridgehead atoms. The van der Waals surface area contributed by atoms with Gasteiger partial charge in [0.05, 0.1) is 29.6 Å². The number of amides is 2. The van der Waals surface area contributed by atoms with Crippen LogP contribution in [0, 0.1) is 5.82 Å². The second kappa shape index (κ2) is 7.67. The van der Waals surface area contributed by atoms with Gasteiger partial charge >= 0.3 is 12.2 Å². The van der Waals surface area contributed by atoms with Crippen molar-refractivity contribution in [1.82, 2.24) is 4.90 Å². The Bertz CT molecular complexity index is 763. The molecule has 1 unspecified atom stereocenters. The van der Waals surface area contributed by atoms with Crippen LogP contribution in [0.2, 0.25) is 0 Å². The minimum atomic E-state index is -0.972. The molecule has 1 aromatic rings. The molecular formula is C16H17FN4O4S. The molecule has 0 aromatic heterocycles. The normalized spacial score (nSPS) is 20.0. The first kappa shape index (κ1) is 18.1. The number of carbonyl (C=O) groups excluding carboxylic acids is 1. The van der Waals surface area contributed by atoms with Crippen LogP contribution >= 0.6 is 12.2 Å². The van der Waals surface area contributed by atoms with Crippen molar-refractivity contribution in [1.29, 1.82) is 0 Å². The summed E-state index contributed by atoms with van der Waals surface area (Å²) in [6.45, 7) is 1.93. The summed E-state index contributed by atoms with van der Waals surface area (Å²) in [5.41, 5.74) is 0.780. The summed E-state index contributed by atoms with van der Waals surface area (Å²) in [6.07, 6.45) is -1.97. The number of benzene rings is 1. The highest BCUT2D eigenvalue weighted by molar-refractivity contribution is 7.78. The van der Waals surface area contributed by atoms with Crippen LogP contribution in [0.25, 0.3) is 0 Å². The molecule has 2 aliphatic rings. The van der Waals surface area contributed by atoms with Gasteiger partial charge in [-0.15, -0.1) is 0 Å². The summed E-state index contributed by atoms with van der Waals surface area (Å²) in [4.78, 5) is 31.1. The quantitative estimate of drug-likeness (QED) is 0.636. The van der Waals surface area contributed by atoms with Crippen LogP contribution in [0.3, 0.4) is 0 Å². The van der Waals surface area contributed by atoms with E-state index in [2.05, 4.69) is 22.4 Å². The lowest BCUT2D eigenvalue weighted by molar-refractivity contribution is 0.142. The van der Waals surface area contributed by atoms with Crippen molar-refractivity contribution in [2.24, 2.45) is 4.99 Å². The number of carboxylic acid groups (broad SMARTS) is 1. The minimum Gasteiger partial charge on any atom is -0.465 e. The molecule has 2 heterocycles. The summed E-state index contributed by atoms with van der Waals surface area (Å²) in [7, 11) is 0. The number of cyclic esters (lactones) is 1. The van der Waals surface area contributed by atoms with Crippen molar-refractivity contribution in [3.05, 3.63) is 24.0 Å². The molecule has 1 N–H and O–H groups in total. The summed E-state index contributed by atoms with van der Waals surface area (Å²) in [5, 5.41) is 11.2. The number of nitrogens with zero attached hydrogens (tertiary/aromatic N) is 4. The number of carbonyl (C=O) groups is 2. The number of ether oxygens (including phenoxy) is 1. The molecule has 2 amide bonds. The Labute approximate surface area is 154 Å². The van der Waals surface area contributed by atoms with Crippen molar-refractivity contribution >= 4 is 40.9 Å². The largest absolute Gasteiger partial charge is 0.465 e. The van der Waals surface area contributed by atoms with Crippen molar-refractivity contribution in [2.75, 3.05) is 49.1 Å². The second-order valence-electron chi connectivity index (χ2n) is 5.94. The molecule has 3 rings (SSSR count). The van der Waals surface area contributed by atoms with Crippen LogP contribution in [0.15, 0.2) is 23.2 Å². The SMILES string of the molecule is O=C(O)N1CCN(c2ccc(N3CC(CN=C=S)OC3=O)cc2F)CC1. The van der Waals surface area contributed by atoms with E-state index in [4.69, 9.17) is 9.84 Å². The van der Waals surface area contributed by atoms with Gasteiger partial charge in [0.15, 0.2) is 0 Å². The van der Waals surface area contributed by atoms with E-state index in [9.17, 15) is 14.0 Å².